The Hall–Kier alpha value is -2.48. The first-order valence-corrected chi connectivity index (χ1v) is 9.32. The molecule has 0 bridgehead atoms. The molecule has 0 aliphatic carbocycles. The minimum atomic E-state index is -0.0306. The molecule has 3 rings (SSSR count). The first-order valence-electron chi connectivity index (χ1n) is 9.32. The minimum Gasteiger partial charge on any atom is -0.378 e. The van der Waals surface area contributed by atoms with E-state index in [1.54, 1.807) is 0 Å². The summed E-state index contributed by atoms with van der Waals surface area (Å²) >= 11 is 0. The van der Waals surface area contributed by atoms with Crippen LogP contribution in [0.25, 0.3) is 22.4 Å². The number of rotatable bonds is 3. The van der Waals surface area contributed by atoms with Crippen LogP contribution in [0, 0.1) is 0 Å². The molecule has 0 unspecified atom stereocenters. The molecule has 1 aromatic heterocycles. The minimum absolute atomic E-state index is 0.0213. The SMILES string of the molecule is CC(C)(C)Nc1c(-c2ccccc2)cn(C(C)(C)C)c1-c1ccccc1. The van der Waals surface area contributed by atoms with Crippen molar-refractivity contribution in [3.05, 3.63) is 66.9 Å². The van der Waals surface area contributed by atoms with Gasteiger partial charge in [-0.3, -0.25) is 0 Å². The second-order valence-electron chi connectivity index (χ2n) is 8.91. The molecule has 0 amide bonds. The maximum absolute atomic E-state index is 3.79. The number of hydrogen-bond donors (Lipinski definition) is 1. The molecule has 0 atom stereocenters. The Morgan fingerprint density at radius 1 is 0.692 bits per heavy atom. The van der Waals surface area contributed by atoms with E-state index in [2.05, 4.69) is 118 Å². The second kappa shape index (κ2) is 6.68. The van der Waals surface area contributed by atoms with E-state index in [0.717, 1.165) is 0 Å². The lowest BCUT2D eigenvalue weighted by molar-refractivity contribution is 0.403. The van der Waals surface area contributed by atoms with Crippen LogP contribution in [0.5, 0.6) is 0 Å². The fourth-order valence-corrected chi connectivity index (χ4v) is 3.25. The molecule has 2 aromatic carbocycles. The van der Waals surface area contributed by atoms with E-state index in [1.165, 1.54) is 28.1 Å². The van der Waals surface area contributed by atoms with Crippen LogP contribution in [-0.4, -0.2) is 10.1 Å². The predicted molar refractivity (Wildman–Crippen MR) is 114 cm³/mol. The van der Waals surface area contributed by atoms with Gasteiger partial charge in [-0.15, -0.1) is 0 Å². The van der Waals surface area contributed by atoms with Gasteiger partial charge >= 0.3 is 0 Å². The van der Waals surface area contributed by atoms with Crippen LogP contribution in [-0.2, 0) is 5.54 Å². The Labute approximate surface area is 157 Å². The lowest BCUT2D eigenvalue weighted by atomic mass is 10.0. The third kappa shape index (κ3) is 3.85. The number of aromatic nitrogens is 1. The zero-order chi connectivity index (χ0) is 18.9. The van der Waals surface area contributed by atoms with Crippen molar-refractivity contribution in [3.63, 3.8) is 0 Å². The Balaban J connectivity index is 2.34. The van der Waals surface area contributed by atoms with Crippen molar-refractivity contribution in [1.29, 1.82) is 0 Å². The fraction of sp³-hybridized carbons (Fsp3) is 0.333. The molecule has 3 aromatic rings. The molecular weight excluding hydrogens is 316 g/mol. The number of nitrogens with one attached hydrogen (secondary N) is 1. The lowest BCUT2D eigenvalue weighted by Gasteiger charge is -2.27. The van der Waals surface area contributed by atoms with Gasteiger partial charge in [0.25, 0.3) is 0 Å². The third-order valence-electron chi connectivity index (χ3n) is 4.36. The van der Waals surface area contributed by atoms with E-state index in [-0.39, 0.29) is 11.1 Å². The monoisotopic (exact) mass is 346 g/mol. The van der Waals surface area contributed by atoms with Gasteiger partial charge in [-0.1, -0.05) is 60.7 Å². The largest absolute Gasteiger partial charge is 0.378 e. The highest BCUT2D eigenvalue weighted by Crippen LogP contribution is 2.42. The summed E-state index contributed by atoms with van der Waals surface area (Å²) in [6, 6.07) is 21.3. The molecule has 0 radical (unpaired) electrons. The summed E-state index contributed by atoms with van der Waals surface area (Å²) in [5.74, 6) is 0. The quantitative estimate of drug-likeness (QED) is 0.552. The van der Waals surface area contributed by atoms with Crippen molar-refractivity contribution < 1.29 is 0 Å². The summed E-state index contributed by atoms with van der Waals surface area (Å²) in [7, 11) is 0. The van der Waals surface area contributed by atoms with Gasteiger partial charge in [-0.2, -0.15) is 0 Å². The van der Waals surface area contributed by atoms with Gasteiger partial charge in [0.1, 0.15) is 0 Å². The van der Waals surface area contributed by atoms with Crippen LogP contribution in [0.3, 0.4) is 0 Å². The zero-order valence-electron chi connectivity index (χ0n) is 16.8. The molecule has 0 fully saturated rings. The lowest BCUT2D eigenvalue weighted by Crippen LogP contribution is -2.27. The van der Waals surface area contributed by atoms with Crippen LogP contribution in [0.15, 0.2) is 66.9 Å². The maximum Gasteiger partial charge on any atom is 0.0727 e. The molecule has 1 N–H and O–H groups in total. The second-order valence-corrected chi connectivity index (χ2v) is 8.91. The first kappa shape index (κ1) is 18.3. The molecule has 2 heteroatoms. The van der Waals surface area contributed by atoms with Gasteiger partial charge < -0.3 is 9.88 Å². The molecule has 1 heterocycles. The van der Waals surface area contributed by atoms with Gasteiger partial charge in [0.15, 0.2) is 0 Å². The smallest absolute Gasteiger partial charge is 0.0727 e. The van der Waals surface area contributed by atoms with Crippen LogP contribution >= 0.6 is 0 Å². The molecular formula is C24H30N2. The summed E-state index contributed by atoms with van der Waals surface area (Å²) in [4.78, 5) is 0. The topological polar surface area (TPSA) is 17.0 Å². The summed E-state index contributed by atoms with van der Waals surface area (Å²) in [6.45, 7) is 13.4. The molecule has 0 aliphatic rings. The normalized spacial score (nSPS) is 12.2. The van der Waals surface area contributed by atoms with Crippen molar-refractivity contribution in [2.45, 2.75) is 52.6 Å². The number of hydrogen-bond acceptors (Lipinski definition) is 1. The van der Waals surface area contributed by atoms with E-state index < -0.39 is 0 Å². The molecule has 0 aliphatic heterocycles. The Bertz CT molecular complexity index is 860. The van der Waals surface area contributed by atoms with Gasteiger partial charge in [-0.05, 0) is 47.1 Å². The molecule has 0 saturated carbocycles. The average molecular weight is 347 g/mol. The number of anilines is 1. The van der Waals surface area contributed by atoms with Crippen LogP contribution < -0.4 is 5.32 Å². The maximum atomic E-state index is 3.79. The Morgan fingerprint density at radius 3 is 1.65 bits per heavy atom. The van der Waals surface area contributed by atoms with Crippen molar-refractivity contribution >= 4 is 5.69 Å². The Kier molecular flexibility index (Phi) is 4.70. The molecule has 0 spiro atoms. The van der Waals surface area contributed by atoms with E-state index in [9.17, 15) is 0 Å². The summed E-state index contributed by atoms with van der Waals surface area (Å²) in [6.07, 6.45) is 2.30. The van der Waals surface area contributed by atoms with Gasteiger partial charge in [-0.25, -0.2) is 0 Å². The first-order chi connectivity index (χ1) is 12.2. The van der Waals surface area contributed by atoms with E-state index in [1.807, 2.05) is 0 Å². The predicted octanol–water partition coefficient (Wildman–Crippen LogP) is 6.79. The van der Waals surface area contributed by atoms with Crippen LogP contribution in [0.1, 0.15) is 41.5 Å². The van der Waals surface area contributed by atoms with Crippen molar-refractivity contribution in [3.8, 4) is 22.4 Å². The molecule has 136 valence electrons. The van der Waals surface area contributed by atoms with Crippen molar-refractivity contribution in [2.75, 3.05) is 5.32 Å². The summed E-state index contributed by atoms with van der Waals surface area (Å²) in [5.41, 5.74) is 6.10. The summed E-state index contributed by atoms with van der Waals surface area (Å²) < 4.78 is 2.40. The van der Waals surface area contributed by atoms with Crippen LogP contribution in [0.2, 0.25) is 0 Å². The van der Waals surface area contributed by atoms with E-state index in [0.29, 0.717) is 0 Å². The molecule has 2 nitrogen and oxygen atoms in total. The molecule has 26 heavy (non-hydrogen) atoms. The van der Waals surface area contributed by atoms with E-state index in [4.69, 9.17) is 0 Å². The number of nitrogens with zero attached hydrogens (tertiary/aromatic N) is 1. The average Bonchev–Trinajstić information content (AvgIpc) is 2.94. The third-order valence-corrected chi connectivity index (χ3v) is 4.36. The van der Waals surface area contributed by atoms with Gasteiger partial charge in [0.05, 0.1) is 11.4 Å². The van der Waals surface area contributed by atoms with Gasteiger partial charge in [0, 0.05) is 28.4 Å². The van der Waals surface area contributed by atoms with Gasteiger partial charge in [0.2, 0.25) is 0 Å². The standard InChI is InChI=1S/C24H30N2/c1-23(2,3)25-21-20(18-13-9-7-10-14-18)17-26(24(4,5)6)22(21)19-15-11-8-12-16-19/h7-17,25H,1-6H3. The fourth-order valence-electron chi connectivity index (χ4n) is 3.25. The summed E-state index contributed by atoms with van der Waals surface area (Å²) in [5, 5.41) is 3.79. The van der Waals surface area contributed by atoms with E-state index >= 15 is 0 Å². The Morgan fingerprint density at radius 2 is 1.19 bits per heavy atom. The van der Waals surface area contributed by atoms with Crippen molar-refractivity contribution in [1.82, 2.24) is 4.57 Å². The molecule has 0 saturated heterocycles. The number of benzene rings is 2. The van der Waals surface area contributed by atoms with Crippen molar-refractivity contribution in [2.24, 2.45) is 0 Å². The van der Waals surface area contributed by atoms with Crippen LogP contribution in [0.4, 0.5) is 5.69 Å². The highest BCUT2D eigenvalue weighted by Gasteiger charge is 2.26. The highest BCUT2D eigenvalue weighted by molar-refractivity contribution is 5.90. The highest BCUT2D eigenvalue weighted by atomic mass is 15.1. The zero-order valence-corrected chi connectivity index (χ0v) is 16.8.